The molecule has 0 aromatic heterocycles. The van der Waals surface area contributed by atoms with Crippen molar-refractivity contribution in [3.05, 3.63) is 23.8 Å². The predicted molar refractivity (Wildman–Crippen MR) is 48.1 cm³/mol. The van der Waals surface area contributed by atoms with Gasteiger partial charge in [0.15, 0.2) is 0 Å². The number of nitrogen functional groups attached to an aromatic ring is 1. The van der Waals surface area contributed by atoms with E-state index in [0.717, 1.165) is 5.56 Å². The van der Waals surface area contributed by atoms with Crippen molar-refractivity contribution in [3.63, 3.8) is 0 Å². The molecule has 66 valence electrons. The number of phenolic OH excluding ortho intramolecular Hbond substituents is 1. The van der Waals surface area contributed by atoms with Crippen LogP contribution < -0.4 is 5.73 Å². The van der Waals surface area contributed by atoms with Crippen LogP contribution in [0.15, 0.2) is 18.2 Å². The molecule has 0 spiro atoms. The van der Waals surface area contributed by atoms with Gasteiger partial charge in [-0.05, 0) is 30.2 Å². The molecule has 1 aromatic carbocycles. The maximum Gasteiger partial charge on any atom is 0.119 e. The van der Waals surface area contributed by atoms with E-state index in [1.807, 2.05) is 0 Å². The van der Waals surface area contributed by atoms with Crippen LogP contribution in [0, 0.1) is 0 Å². The largest absolute Gasteiger partial charge is 0.508 e. The van der Waals surface area contributed by atoms with Gasteiger partial charge in [0.25, 0.3) is 0 Å². The minimum atomic E-state index is 0.279. The van der Waals surface area contributed by atoms with Crippen LogP contribution in [0.5, 0.6) is 5.75 Å². The molecule has 12 heavy (non-hydrogen) atoms. The molecule has 0 unspecified atom stereocenters. The summed E-state index contributed by atoms with van der Waals surface area (Å²) in [5.41, 5.74) is 7.04. The fourth-order valence-corrected chi connectivity index (χ4v) is 1.02. The normalized spacial score (nSPS) is 10.1. The number of aromatic hydroxyl groups is 1. The zero-order chi connectivity index (χ0) is 8.97. The van der Waals surface area contributed by atoms with Gasteiger partial charge in [-0.2, -0.15) is 0 Å². The molecular weight excluding hydrogens is 154 g/mol. The second-order valence-corrected chi connectivity index (χ2v) is 2.63. The molecule has 0 aliphatic rings. The van der Waals surface area contributed by atoms with Crippen LogP contribution in [0.4, 0.5) is 5.69 Å². The third kappa shape index (κ3) is 2.13. The molecule has 1 aromatic rings. The molecule has 0 heterocycles. The summed E-state index contributed by atoms with van der Waals surface area (Å²) in [5, 5.41) is 9.35. The van der Waals surface area contributed by atoms with E-state index in [9.17, 15) is 5.11 Å². The monoisotopic (exact) mass is 167 g/mol. The zero-order valence-corrected chi connectivity index (χ0v) is 7.08. The standard InChI is InChI=1S/C9H13NO2/c1-12-5-4-7-6-8(10)2-3-9(7)11/h2-3,6,11H,4-5,10H2,1H3. The molecule has 1 rings (SSSR count). The summed E-state index contributed by atoms with van der Waals surface area (Å²) < 4.78 is 4.89. The number of ether oxygens (including phenoxy) is 1. The summed E-state index contributed by atoms with van der Waals surface area (Å²) in [6, 6.07) is 5.03. The predicted octanol–water partition coefficient (Wildman–Crippen LogP) is 1.16. The van der Waals surface area contributed by atoms with Gasteiger partial charge >= 0.3 is 0 Å². The van der Waals surface area contributed by atoms with Crippen LogP contribution in [-0.4, -0.2) is 18.8 Å². The third-order valence-electron chi connectivity index (χ3n) is 1.68. The molecule has 3 N–H and O–H groups in total. The van der Waals surface area contributed by atoms with Crippen molar-refractivity contribution in [2.75, 3.05) is 19.5 Å². The van der Waals surface area contributed by atoms with Crippen molar-refractivity contribution in [2.45, 2.75) is 6.42 Å². The van der Waals surface area contributed by atoms with Crippen molar-refractivity contribution in [2.24, 2.45) is 0 Å². The Hall–Kier alpha value is -1.22. The Kier molecular flexibility index (Phi) is 2.94. The molecule has 0 aliphatic carbocycles. The SMILES string of the molecule is COCCc1cc(N)ccc1O. The van der Waals surface area contributed by atoms with Crippen molar-refractivity contribution in [1.82, 2.24) is 0 Å². The molecule has 3 nitrogen and oxygen atoms in total. The van der Waals surface area contributed by atoms with Crippen LogP contribution in [0.1, 0.15) is 5.56 Å². The van der Waals surface area contributed by atoms with Crippen molar-refractivity contribution in [3.8, 4) is 5.75 Å². The maximum atomic E-state index is 9.35. The van der Waals surface area contributed by atoms with Gasteiger partial charge in [0.2, 0.25) is 0 Å². The van der Waals surface area contributed by atoms with Gasteiger partial charge < -0.3 is 15.6 Å². The molecule has 0 saturated carbocycles. The number of nitrogens with two attached hydrogens (primary N) is 1. The van der Waals surface area contributed by atoms with Crippen molar-refractivity contribution < 1.29 is 9.84 Å². The number of rotatable bonds is 3. The first-order valence-electron chi connectivity index (χ1n) is 3.80. The first-order chi connectivity index (χ1) is 5.74. The first-order valence-corrected chi connectivity index (χ1v) is 3.80. The van der Waals surface area contributed by atoms with E-state index in [0.29, 0.717) is 18.7 Å². The Balaban J connectivity index is 2.75. The van der Waals surface area contributed by atoms with E-state index >= 15 is 0 Å². The quantitative estimate of drug-likeness (QED) is 0.524. The highest BCUT2D eigenvalue weighted by atomic mass is 16.5. The highest BCUT2D eigenvalue weighted by molar-refractivity contribution is 5.47. The Morgan fingerprint density at radius 1 is 1.50 bits per heavy atom. The smallest absolute Gasteiger partial charge is 0.119 e. The summed E-state index contributed by atoms with van der Waals surface area (Å²) in [7, 11) is 1.63. The van der Waals surface area contributed by atoms with Crippen molar-refractivity contribution in [1.29, 1.82) is 0 Å². The first kappa shape index (κ1) is 8.87. The van der Waals surface area contributed by atoms with Gasteiger partial charge in [-0.1, -0.05) is 0 Å². The Morgan fingerprint density at radius 2 is 2.25 bits per heavy atom. The molecular formula is C9H13NO2. The molecule has 0 fully saturated rings. The fraction of sp³-hybridized carbons (Fsp3) is 0.333. The van der Waals surface area contributed by atoms with Crippen LogP contribution >= 0.6 is 0 Å². The summed E-state index contributed by atoms with van der Waals surface area (Å²) in [6.45, 7) is 0.594. The van der Waals surface area contributed by atoms with Crippen LogP contribution in [0.3, 0.4) is 0 Å². The molecule has 0 atom stereocenters. The average Bonchev–Trinajstić information content (AvgIpc) is 2.07. The Labute approximate surface area is 71.8 Å². The lowest BCUT2D eigenvalue weighted by Crippen LogP contribution is -1.96. The molecule has 3 heteroatoms. The second kappa shape index (κ2) is 3.97. The van der Waals surface area contributed by atoms with Gasteiger partial charge in [0, 0.05) is 12.8 Å². The third-order valence-corrected chi connectivity index (χ3v) is 1.68. The summed E-state index contributed by atoms with van der Waals surface area (Å²) in [4.78, 5) is 0. The summed E-state index contributed by atoms with van der Waals surface area (Å²) in [6.07, 6.45) is 0.688. The Morgan fingerprint density at radius 3 is 2.92 bits per heavy atom. The van der Waals surface area contributed by atoms with E-state index in [2.05, 4.69) is 0 Å². The summed E-state index contributed by atoms with van der Waals surface area (Å²) >= 11 is 0. The molecule has 0 saturated heterocycles. The molecule has 0 radical (unpaired) electrons. The number of anilines is 1. The van der Waals surface area contributed by atoms with Crippen LogP contribution in [-0.2, 0) is 11.2 Å². The van der Waals surface area contributed by atoms with E-state index in [1.54, 1.807) is 25.3 Å². The van der Waals surface area contributed by atoms with E-state index < -0.39 is 0 Å². The van der Waals surface area contributed by atoms with Gasteiger partial charge in [-0.15, -0.1) is 0 Å². The minimum Gasteiger partial charge on any atom is -0.508 e. The van der Waals surface area contributed by atoms with Gasteiger partial charge in [-0.25, -0.2) is 0 Å². The number of benzene rings is 1. The number of methoxy groups -OCH3 is 1. The van der Waals surface area contributed by atoms with E-state index in [4.69, 9.17) is 10.5 Å². The number of hydrogen-bond acceptors (Lipinski definition) is 3. The van der Waals surface area contributed by atoms with Gasteiger partial charge in [-0.3, -0.25) is 0 Å². The minimum absolute atomic E-state index is 0.279. The molecule has 0 aliphatic heterocycles. The average molecular weight is 167 g/mol. The second-order valence-electron chi connectivity index (χ2n) is 2.63. The highest BCUT2D eigenvalue weighted by Crippen LogP contribution is 2.19. The summed E-state index contributed by atoms with van der Waals surface area (Å²) in [5.74, 6) is 0.279. The lowest BCUT2D eigenvalue weighted by molar-refractivity contribution is 0.201. The molecule has 0 amide bonds. The topological polar surface area (TPSA) is 55.5 Å². The zero-order valence-electron chi connectivity index (χ0n) is 7.08. The lowest BCUT2D eigenvalue weighted by atomic mass is 10.1. The van der Waals surface area contributed by atoms with Gasteiger partial charge in [0.1, 0.15) is 5.75 Å². The maximum absolute atomic E-state index is 9.35. The number of hydrogen-bond donors (Lipinski definition) is 2. The van der Waals surface area contributed by atoms with Crippen molar-refractivity contribution >= 4 is 5.69 Å². The van der Waals surface area contributed by atoms with Gasteiger partial charge in [0.05, 0.1) is 6.61 Å². The van der Waals surface area contributed by atoms with Crippen LogP contribution in [0.25, 0.3) is 0 Å². The molecule has 0 bridgehead atoms. The van der Waals surface area contributed by atoms with E-state index in [1.165, 1.54) is 0 Å². The van der Waals surface area contributed by atoms with E-state index in [-0.39, 0.29) is 5.75 Å². The highest BCUT2D eigenvalue weighted by Gasteiger charge is 2.00. The lowest BCUT2D eigenvalue weighted by Gasteiger charge is -2.04. The van der Waals surface area contributed by atoms with Crippen LogP contribution in [0.2, 0.25) is 0 Å². The number of phenols is 1. The fourth-order valence-electron chi connectivity index (χ4n) is 1.02. The Bertz CT molecular complexity index is 261.